The molecule has 33 heavy (non-hydrogen) atoms. The van der Waals surface area contributed by atoms with Gasteiger partial charge in [-0.05, 0) is 78.5 Å². The normalized spacial score (nSPS) is 21.3. The van der Waals surface area contributed by atoms with E-state index in [1.54, 1.807) is 36.4 Å². The zero-order valence-electron chi connectivity index (χ0n) is 17.7. The summed E-state index contributed by atoms with van der Waals surface area (Å²) in [5, 5.41) is 5.43. The lowest BCUT2D eigenvalue weighted by Crippen LogP contribution is -2.41. The van der Waals surface area contributed by atoms with Gasteiger partial charge < -0.3 is 10.2 Å². The summed E-state index contributed by atoms with van der Waals surface area (Å²) in [4.78, 5) is 14.3. The van der Waals surface area contributed by atoms with E-state index in [4.69, 9.17) is 11.6 Å². The molecule has 9 heteroatoms. The van der Waals surface area contributed by atoms with Crippen LogP contribution in [0.2, 0.25) is 5.02 Å². The average Bonchev–Trinajstić information content (AvgIpc) is 3.44. The topological polar surface area (TPSA) is 78.5 Å². The summed E-state index contributed by atoms with van der Waals surface area (Å²) < 4.78 is 43.3. The van der Waals surface area contributed by atoms with Crippen LogP contribution in [-0.4, -0.2) is 33.5 Å². The fourth-order valence-electron chi connectivity index (χ4n) is 4.57. The first-order chi connectivity index (χ1) is 15.8. The molecule has 2 aliphatic heterocycles. The van der Waals surface area contributed by atoms with Crippen LogP contribution in [0, 0.1) is 5.82 Å². The fraction of sp³-hybridized carbons (Fsp3) is 0.292. The Labute approximate surface area is 196 Å². The Kier molecular flexibility index (Phi) is 5.86. The molecule has 5 rings (SSSR count). The van der Waals surface area contributed by atoms with Crippen LogP contribution in [0.5, 0.6) is 0 Å². The van der Waals surface area contributed by atoms with Crippen molar-refractivity contribution in [3.05, 3.63) is 71.0 Å². The van der Waals surface area contributed by atoms with Crippen LogP contribution in [-0.2, 0) is 14.8 Å². The van der Waals surface area contributed by atoms with E-state index in [-0.39, 0.29) is 29.6 Å². The first-order valence-electron chi connectivity index (χ1n) is 10.9. The molecule has 0 bridgehead atoms. The molecule has 2 saturated heterocycles. The second-order valence-corrected chi connectivity index (χ2v) is 10.6. The van der Waals surface area contributed by atoms with E-state index in [1.165, 1.54) is 17.0 Å². The van der Waals surface area contributed by atoms with Crippen molar-refractivity contribution in [3.63, 3.8) is 0 Å². The lowest BCUT2D eigenvalue weighted by Gasteiger charge is -2.20. The third-order valence-corrected chi connectivity index (χ3v) is 8.02. The van der Waals surface area contributed by atoms with Crippen molar-refractivity contribution >= 4 is 44.0 Å². The number of anilines is 1. The number of fused-ring (bicyclic) bond motifs is 1. The molecule has 0 unspecified atom stereocenters. The number of carbonyl (C=O) groups excluding carboxylic acids is 1. The maximum atomic E-state index is 14.9. The lowest BCUT2D eigenvalue weighted by atomic mass is 10.0. The van der Waals surface area contributed by atoms with Crippen molar-refractivity contribution in [3.8, 4) is 0 Å². The van der Waals surface area contributed by atoms with E-state index in [9.17, 15) is 17.6 Å². The van der Waals surface area contributed by atoms with Gasteiger partial charge in [0.15, 0.2) is 0 Å². The molecule has 0 saturated carbocycles. The van der Waals surface area contributed by atoms with Gasteiger partial charge in [0.25, 0.3) is 0 Å². The molecule has 0 aliphatic carbocycles. The Morgan fingerprint density at radius 2 is 1.82 bits per heavy atom. The Morgan fingerprint density at radius 3 is 2.58 bits per heavy atom. The Balaban J connectivity index is 1.33. The molecule has 3 aromatic rings. The monoisotopic (exact) mass is 487 g/mol. The van der Waals surface area contributed by atoms with Crippen LogP contribution >= 0.6 is 11.6 Å². The number of hydrogen-bond acceptors (Lipinski definition) is 4. The summed E-state index contributed by atoms with van der Waals surface area (Å²) in [6.07, 6.45) is 2.26. The molecule has 0 spiro atoms. The Bertz CT molecular complexity index is 1340. The summed E-state index contributed by atoms with van der Waals surface area (Å²) in [7, 11) is -3.94. The van der Waals surface area contributed by atoms with E-state index >= 15 is 0 Å². The van der Waals surface area contributed by atoms with Gasteiger partial charge in [0, 0.05) is 17.6 Å². The lowest BCUT2D eigenvalue weighted by molar-refractivity contribution is -0.118. The van der Waals surface area contributed by atoms with E-state index < -0.39 is 27.8 Å². The highest BCUT2D eigenvalue weighted by Gasteiger charge is 2.37. The third kappa shape index (κ3) is 4.36. The molecule has 2 fully saturated rings. The average molecular weight is 488 g/mol. The molecular weight excluding hydrogens is 465 g/mol. The predicted molar refractivity (Wildman–Crippen MR) is 126 cm³/mol. The van der Waals surface area contributed by atoms with E-state index in [0.717, 1.165) is 35.7 Å². The highest BCUT2D eigenvalue weighted by molar-refractivity contribution is 7.89. The van der Waals surface area contributed by atoms with Crippen LogP contribution < -0.4 is 14.9 Å². The van der Waals surface area contributed by atoms with Gasteiger partial charge >= 0.3 is 0 Å². The summed E-state index contributed by atoms with van der Waals surface area (Å²) in [5.74, 6) is -0.942. The van der Waals surface area contributed by atoms with Crippen molar-refractivity contribution in [2.24, 2.45) is 0 Å². The van der Waals surface area contributed by atoms with Crippen molar-refractivity contribution < 1.29 is 17.6 Å². The number of amides is 1. The number of benzene rings is 3. The number of carbonyl (C=O) groups is 1. The smallest absolute Gasteiger partial charge is 0.245 e. The molecule has 0 radical (unpaired) electrons. The fourth-order valence-corrected chi connectivity index (χ4v) is 6.01. The van der Waals surface area contributed by atoms with Crippen molar-refractivity contribution in [1.82, 2.24) is 10.0 Å². The summed E-state index contributed by atoms with van der Waals surface area (Å²) in [6.45, 7) is 1.14. The first kappa shape index (κ1) is 22.3. The highest BCUT2D eigenvalue weighted by Crippen LogP contribution is 2.30. The Morgan fingerprint density at radius 1 is 1.03 bits per heavy atom. The molecule has 2 heterocycles. The standard InChI is InChI=1S/C24H23ClFN3O3S/c25-18-6-3-16-13-19(7-4-15(16)12-18)33(31,32)28-22-9-11-29(24(22)30)23-8-5-17(14-20(23)26)21-2-1-10-27-21/h3-8,12-14,21-22,27-28H,1-2,9-11H2/t21-,22+/m1/s1. The molecule has 2 aliphatic rings. The molecule has 3 aromatic carbocycles. The number of rotatable bonds is 5. The Hall–Kier alpha value is -2.52. The summed E-state index contributed by atoms with van der Waals surface area (Å²) in [6, 6.07) is 13.9. The quantitative estimate of drug-likeness (QED) is 0.567. The molecule has 0 aromatic heterocycles. The minimum atomic E-state index is -3.94. The van der Waals surface area contributed by atoms with Crippen molar-refractivity contribution in [2.75, 3.05) is 18.0 Å². The summed E-state index contributed by atoms with van der Waals surface area (Å²) >= 11 is 5.99. The third-order valence-electron chi connectivity index (χ3n) is 6.31. The number of hydrogen-bond donors (Lipinski definition) is 2. The van der Waals surface area contributed by atoms with Gasteiger partial charge in [-0.3, -0.25) is 4.79 Å². The first-order valence-corrected chi connectivity index (χ1v) is 12.7. The zero-order valence-corrected chi connectivity index (χ0v) is 19.3. The second kappa shape index (κ2) is 8.68. The van der Waals surface area contributed by atoms with Crippen molar-refractivity contribution in [2.45, 2.75) is 36.2 Å². The van der Waals surface area contributed by atoms with E-state index in [1.807, 2.05) is 6.07 Å². The number of halogens is 2. The molecular formula is C24H23ClFN3O3S. The van der Waals surface area contributed by atoms with Gasteiger partial charge in [0.2, 0.25) is 15.9 Å². The number of sulfonamides is 1. The van der Waals surface area contributed by atoms with Crippen LogP contribution in [0.4, 0.5) is 10.1 Å². The minimum Gasteiger partial charge on any atom is -0.310 e. The van der Waals surface area contributed by atoms with Gasteiger partial charge in [-0.15, -0.1) is 0 Å². The van der Waals surface area contributed by atoms with Gasteiger partial charge in [-0.1, -0.05) is 29.8 Å². The minimum absolute atomic E-state index is 0.0585. The van der Waals surface area contributed by atoms with Crippen LogP contribution in [0.1, 0.15) is 30.9 Å². The molecule has 172 valence electrons. The molecule has 6 nitrogen and oxygen atoms in total. The number of nitrogens with one attached hydrogen (secondary N) is 2. The van der Waals surface area contributed by atoms with Gasteiger partial charge in [0.1, 0.15) is 11.9 Å². The maximum absolute atomic E-state index is 14.9. The van der Waals surface area contributed by atoms with E-state index in [0.29, 0.717) is 5.02 Å². The van der Waals surface area contributed by atoms with Crippen LogP contribution in [0.15, 0.2) is 59.5 Å². The predicted octanol–water partition coefficient (Wildman–Crippen LogP) is 4.14. The highest BCUT2D eigenvalue weighted by atomic mass is 35.5. The van der Waals surface area contributed by atoms with Crippen molar-refractivity contribution in [1.29, 1.82) is 0 Å². The largest absolute Gasteiger partial charge is 0.310 e. The molecule has 2 atom stereocenters. The van der Waals surface area contributed by atoms with E-state index in [2.05, 4.69) is 10.0 Å². The number of nitrogens with zero attached hydrogens (tertiary/aromatic N) is 1. The van der Waals surface area contributed by atoms with Crippen LogP contribution in [0.25, 0.3) is 10.8 Å². The second-order valence-electron chi connectivity index (χ2n) is 8.47. The van der Waals surface area contributed by atoms with Gasteiger partial charge in [0.05, 0.1) is 10.6 Å². The SMILES string of the molecule is O=C1[C@@H](NS(=O)(=O)c2ccc3cc(Cl)ccc3c2)CCN1c1ccc([C@H]2CCCN2)cc1F. The van der Waals surface area contributed by atoms with Gasteiger partial charge in [-0.2, -0.15) is 4.72 Å². The van der Waals surface area contributed by atoms with Gasteiger partial charge in [-0.25, -0.2) is 12.8 Å². The zero-order chi connectivity index (χ0) is 23.2. The summed E-state index contributed by atoms with van der Waals surface area (Å²) in [5.41, 5.74) is 1.03. The molecule has 1 amide bonds. The maximum Gasteiger partial charge on any atom is 0.245 e. The van der Waals surface area contributed by atoms with Crippen LogP contribution in [0.3, 0.4) is 0 Å². The molecule has 2 N–H and O–H groups in total.